The Balaban J connectivity index is 1.73. The molecular weight excluding hydrogens is 362 g/mol. The van der Waals surface area contributed by atoms with Crippen LogP contribution in [0.2, 0.25) is 0 Å². The van der Waals surface area contributed by atoms with Crippen molar-refractivity contribution in [3.05, 3.63) is 76.1 Å². The van der Waals surface area contributed by atoms with Gasteiger partial charge < -0.3 is 19.6 Å². The quantitative estimate of drug-likeness (QED) is 0.502. The van der Waals surface area contributed by atoms with Crippen molar-refractivity contribution in [2.45, 2.75) is 26.0 Å². The first-order chi connectivity index (χ1) is 13.4. The van der Waals surface area contributed by atoms with Crippen molar-refractivity contribution in [3.8, 4) is 5.75 Å². The third-order valence-electron chi connectivity index (χ3n) is 4.15. The van der Waals surface area contributed by atoms with Gasteiger partial charge in [-0.1, -0.05) is 30.3 Å². The van der Waals surface area contributed by atoms with Crippen LogP contribution in [-0.4, -0.2) is 17.0 Å². The van der Waals surface area contributed by atoms with Gasteiger partial charge in [-0.25, -0.2) is 4.79 Å². The Kier molecular flexibility index (Phi) is 5.74. The maximum absolute atomic E-state index is 12.3. The number of benzene rings is 2. The van der Waals surface area contributed by atoms with E-state index < -0.39 is 17.6 Å². The Morgan fingerprint density at radius 1 is 1.14 bits per heavy atom. The number of nitrogens with one attached hydrogen (secondary N) is 1. The summed E-state index contributed by atoms with van der Waals surface area (Å²) >= 11 is 0. The van der Waals surface area contributed by atoms with Crippen LogP contribution in [0.25, 0.3) is 11.0 Å². The van der Waals surface area contributed by atoms with E-state index in [-0.39, 0.29) is 30.3 Å². The fourth-order valence-corrected chi connectivity index (χ4v) is 2.90. The lowest BCUT2D eigenvalue weighted by atomic mass is 10.0. The first-order valence-electron chi connectivity index (χ1n) is 8.66. The smallest absolute Gasteiger partial charge is 0.336 e. The van der Waals surface area contributed by atoms with Crippen LogP contribution in [0, 0.1) is 0 Å². The third-order valence-corrected chi connectivity index (χ3v) is 4.15. The number of ether oxygens (including phenoxy) is 1. The van der Waals surface area contributed by atoms with Gasteiger partial charge in [0.1, 0.15) is 17.9 Å². The van der Waals surface area contributed by atoms with Gasteiger partial charge in [0, 0.05) is 30.0 Å². The van der Waals surface area contributed by atoms with Crippen LogP contribution < -0.4 is 10.9 Å². The molecule has 0 spiro atoms. The van der Waals surface area contributed by atoms with Gasteiger partial charge in [0.25, 0.3) is 0 Å². The maximum atomic E-state index is 12.3. The molecule has 1 heterocycles. The Morgan fingerprint density at radius 3 is 2.61 bits per heavy atom. The van der Waals surface area contributed by atoms with E-state index in [4.69, 9.17) is 9.15 Å². The molecule has 1 atom stereocenters. The largest absolute Gasteiger partial charge is 0.508 e. The summed E-state index contributed by atoms with van der Waals surface area (Å²) in [5.74, 6) is -0.818. The lowest BCUT2D eigenvalue weighted by Crippen LogP contribution is -2.28. The molecule has 0 saturated carbocycles. The standard InChI is InChI=1S/C21H19NO6/c1-13(23)22-18(14-5-3-2-4-6-14)11-20(25)27-12-15-9-21(26)28-19-10-16(24)7-8-17(15)19/h2-10,18,24H,11-12H2,1H3,(H,22,23)/t18-/m1/s1. The fourth-order valence-electron chi connectivity index (χ4n) is 2.90. The molecule has 1 amide bonds. The monoisotopic (exact) mass is 381 g/mol. The van der Waals surface area contributed by atoms with Crippen molar-refractivity contribution >= 4 is 22.8 Å². The molecule has 1 aromatic heterocycles. The van der Waals surface area contributed by atoms with Crippen LogP contribution >= 0.6 is 0 Å². The molecule has 3 rings (SSSR count). The van der Waals surface area contributed by atoms with E-state index in [1.54, 1.807) is 6.07 Å². The van der Waals surface area contributed by atoms with Crippen molar-refractivity contribution in [3.63, 3.8) is 0 Å². The van der Waals surface area contributed by atoms with Gasteiger partial charge in [0.05, 0.1) is 12.5 Å². The van der Waals surface area contributed by atoms with E-state index in [1.165, 1.54) is 25.1 Å². The lowest BCUT2D eigenvalue weighted by Gasteiger charge is -2.17. The van der Waals surface area contributed by atoms with E-state index >= 15 is 0 Å². The maximum Gasteiger partial charge on any atom is 0.336 e. The Bertz CT molecular complexity index is 1060. The summed E-state index contributed by atoms with van der Waals surface area (Å²) in [7, 11) is 0. The fraction of sp³-hybridized carbons (Fsp3) is 0.190. The average molecular weight is 381 g/mol. The second kappa shape index (κ2) is 8.39. The molecule has 7 nitrogen and oxygen atoms in total. The van der Waals surface area contributed by atoms with Gasteiger partial charge in [-0.2, -0.15) is 0 Å². The van der Waals surface area contributed by atoms with Crippen LogP contribution in [0.5, 0.6) is 5.75 Å². The number of carbonyl (C=O) groups excluding carboxylic acids is 2. The number of amides is 1. The molecule has 144 valence electrons. The minimum atomic E-state index is -0.607. The molecule has 0 aliphatic heterocycles. The summed E-state index contributed by atoms with van der Waals surface area (Å²) in [6, 6.07) is 14.2. The average Bonchev–Trinajstić information content (AvgIpc) is 2.65. The molecule has 0 aliphatic carbocycles. The second-order valence-corrected chi connectivity index (χ2v) is 6.30. The van der Waals surface area contributed by atoms with Gasteiger partial charge >= 0.3 is 11.6 Å². The van der Waals surface area contributed by atoms with Crippen molar-refractivity contribution in [1.29, 1.82) is 0 Å². The number of fused-ring (bicyclic) bond motifs is 1. The van der Waals surface area contributed by atoms with E-state index in [2.05, 4.69) is 5.32 Å². The van der Waals surface area contributed by atoms with Crippen molar-refractivity contribution in [2.24, 2.45) is 0 Å². The van der Waals surface area contributed by atoms with Gasteiger partial charge in [0.15, 0.2) is 0 Å². The minimum Gasteiger partial charge on any atom is -0.508 e. The molecule has 2 N–H and O–H groups in total. The second-order valence-electron chi connectivity index (χ2n) is 6.30. The van der Waals surface area contributed by atoms with Crippen molar-refractivity contribution in [1.82, 2.24) is 5.32 Å². The number of rotatable bonds is 6. The molecule has 2 aromatic carbocycles. The number of aromatic hydroxyl groups is 1. The molecule has 0 unspecified atom stereocenters. The zero-order valence-electron chi connectivity index (χ0n) is 15.2. The highest BCUT2D eigenvalue weighted by Gasteiger charge is 2.18. The summed E-state index contributed by atoms with van der Waals surface area (Å²) in [4.78, 5) is 35.5. The summed E-state index contributed by atoms with van der Waals surface area (Å²) in [6.07, 6.45) is -0.0518. The van der Waals surface area contributed by atoms with E-state index in [0.717, 1.165) is 5.56 Å². The third kappa shape index (κ3) is 4.76. The van der Waals surface area contributed by atoms with Crippen LogP contribution in [0.3, 0.4) is 0 Å². The van der Waals surface area contributed by atoms with Crippen LogP contribution in [0.15, 0.2) is 63.8 Å². The van der Waals surface area contributed by atoms with Crippen LogP contribution in [-0.2, 0) is 20.9 Å². The molecule has 7 heteroatoms. The molecular formula is C21H19NO6. The van der Waals surface area contributed by atoms with E-state index in [0.29, 0.717) is 10.9 Å². The zero-order valence-corrected chi connectivity index (χ0v) is 15.2. The molecule has 0 fully saturated rings. The highest BCUT2D eigenvalue weighted by atomic mass is 16.5. The Labute approximate surface area is 160 Å². The minimum absolute atomic E-state index is 0.0363. The molecule has 0 bridgehead atoms. The molecule has 0 aliphatic rings. The SMILES string of the molecule is CC(=O)N[C@H](CC(=O)OCc1cc(=O)oc2cc(O)ccc12)c1ccccc1. The Hall–Kier alpha value is -3.61. The predicted molar refractivity (Wildman–Crippen MR) is 102 cm³/mol. The zero-order chi connectivity index (χ0) is 20.1. The van der Waals surface area contributed by atoms with E-state index in [1.807, 2.05) is 30.3 Å². The number of phenols is 1. The first-order valence-corrected chi connectivity index (χ1v) is 8.66. The Morgan fingerprint density at radius 2 is 1.89 bits per heavy atom. The highest BCUT2D eigenvalue weighted by Crippen LogP contribution is 2.23. The lowest BCUT2D eigenvalue weighted by molar-refractivity contribution is -0.145. The number of hydrogen-bond acceptors (Lipinski definition) is 6. The number of hydrogen-bond donors (Lipinski definition) is 2. The van der Waals surface area contributed by atoms with Gasteiger partial charge in [0.2, 0.25) is 5.91 Å². The van der Waals surface area contributed by atoms with Crippen LogP contribution in [0.4, 0.5) is 0 Å². The predicted octanol–water partition coefficient (Wildman–Crippen LogP) is 2.81. The van der Waals surface area contributed by atoms with Crippen LogP contribution in [0.1, 0.15) is 30.5 Å². The molecule has 3 aromatic rings. The van der Waals surface area contributed by atoms with Gasteiger partial charge in [-0.05, 0) is 17.7 Å². The first kappa shape index (κ1) is 19.2. The normalized spacial score (nSPS) is 11.8. The summed E-state index contributed by atoms with van der Waals surface area (Å²) in [5.41, 5.74) is 0.856. The summed E-state index contributed by atoms with van der Waals surface area (Å²) in [6.45, 7) is 1.25. The van der Waals surface area contributed by atoms with Crippen molar-refractivity contribution in [2.75, 3.05) is 0 Å². The molecule has 0 radical (unpaired) electrons. The summed E-state index contributed by atoms with van der Waals surface area (Å²) < 4.78 is 10.4. The number of esters is 1. The number of carbonyl (C=O) groups is 2. The topological polar surface area (TPSA) is 106 Å². The number of phenolic OH excluding ortho intramolecular Hbond substituents is 1. The van der Waals surface area contributed by atoms with Gasteiger partial charge in [-0.3, -0.25) is 9.59 Å². The molecule has 28 heavy (non-hydrogen) atoms. The van der Waals surface area contributed by atoms with E-state index in [9.17, 15) is 19.5 Å². The van der Waals surface area contributed by atoms with Gasteiger partial charge in [-0.15, -0.1) is 0 Å². The highest BCUT2D eigenvalue weighted by molar-refractivity contribution is 5.82. The summed E-state index contributed by atoms with van der Waals surface area (Å²) in [5, 5.41) is 12.8. The molecule has 0 saturated heterocycles. The van der Waals surface area contributed by atoms with Crippen molar-refractivity contribution < 1.29 is 23.8 Å².